The van der Waals surface area contributed by atoms with E-state index in [-0.39, 0.29) is 11.3 Å². The predicted molar refractivity (Wildman–Crippen MR) is 43.2 cm³/mol. The van der Waals surface area contributed by atoms with Gasteiger partial charge < -0.3 is 15.2 Å². The highest BCUT2D eigenvalue weighted by Crippen LogP contribution is 2.24. The number of carboxylic acid groups (broad SMARTS) is 1. The summed E-state index contributed by atoms with van der Waals surface area (Å²) < 4.78 is 0. The molecule has 1 N–H and O–H groups in total. The summed E-state index contributed by atoms with van der Waals surface area (Å²) in [6, 6.07) is 0. The van der Waals surface area contributed by atoms with E-state index in [0.717, 1.165) is 0 Å². The summed E-state index contributed by atoms with van der Waals surface area (Å²) in [5.74, 6) is -1.39. The van der Waals surface area contributed by atoms with Gasteiger partial charge in [-0.2, -0.15) is 0 Å². The second-order valence-corrected chi connectivity index (χ2v) is 3.76. The molecule has 0 aromatic carbocycles. The molecule has 1 saturated heterocycles. The third-order valence-electron chi connectivity index (χ3n) is 1.81. The Morgan fingerprint density at radius 1 is 1.92 bits per heavy atom. The van der Waals surface area contributed by atoms with Crippen molar-refractivity contribution in [2.24, 2.45) is 5.92 Å². The molecular formula is C7H10NO3S-. The Hall–Kier alpha value is -0.710. The van der Waals surface area contributed by atoms with Crippen molar-refractivity contribution in [3.05, 3.63) is 0 Å². The second-order valence-electron chi connectivity index (χ2n) is 2.63. The summed E-state index contributed by atoms with van der Waals surface area (Å²) in [5, 5.41) is 12.8. The van der Waals surface area contributed by atoms with E-state index >= 15 is 0 Å². The Balaban J connectivity index is 2.55. The van der Waals surface area contributed by atoms with Crippen LogP contribution in [0.25, 0.3) is 0 Å². The lowest BCUT2D eigenvalue weighted by Gasteiger charge is -2.21. The van der Waals surface area contributed by atoms with Crippen molar-refractivity contribution in [2.75, 3.05) is 5.75 Å². The molecule has 0 radical (unpaired) electrons. The van der Waals surface area contributed by atoms with Gasteiger partial charge in [-0.05, 0) is 6.42 Å². The lowest BCUT2D eigenvalue weighted by Crippen LogP contribution is -2.42. The molecule has 0 saturated carbocycles. The monoisotopic (exact) mass is 188 g/mol. The molecule has 1 aliphatic rings. The van der Waals surface area contributed by atoms with Crippen LogP contribution in [0.2, 0.25) is 0 Å². The van der Waals surface area contributed by atoms with E-state index in [4.69, 9.17) is 0 Å². The number of hydrogen-bond donors (Lipinski definition) is 1. The molecule has 0 aromatic heterocycles. The zero-order chi connectivity index (χ0) is 9.14. The van der Waals surface area contributed by atoms with Gasteiger partial charge in [0.25, 0.3) is 0 Å². The van der Waals surface area contributed by atoms with Crippen LogP contribution in [0.1, 0.15) is 13.3 Å². The molecule has 5 heteroatoms. The van der Waals surface area contributed by atoms with Crippen molar-refractivity contribution in [1.82, 2.24) is 5.32 Å². The van der Waals surface area contributed by atoms with E-state index < -0.39 is 11.9 Å². The van der Waals surface area contributed by atoms with Crippen LogP contribution in [0.4, 0.5) is 0 Å². The van der Waals surface area contributed by atoms with Crippen LogP contribution in [0, 0.1) is 5.92 Å². The average molecular weight is 188 g/mol. The maximum atomic E-state index is 10.8. The Morgan fingerprint density at radius 3 is 2.92 bits per heavy atom. The lowest BCUT2D eigenvalue weighted by atomic mass is 10.1. The molecule has 1 aliphatic heterocycles. The number of carbonyl (C=O) groups is 2. The Kier molecular flexibility index (Phi) is 2.97. The highest BCUT2D eigenvalue weighted by atomic mass is 32.2. The number of carboxylic acids is 1. The van der Waals surface area contributed by atoms with Gasteiger partial charge in [-0.15, -0.1) is 11.8 Å². The molecule has 0 aliphatic carbocycles. The maximum Gasteiger partial charge on any atom is 0.230 e. The van der Waals surface area contributed by atoms with E-state index in [1.54, 1.807) is 6.92 Å². The Bertz CT molecular complexity index is 207. The minimum Gasteiger partial charge on any atom is -0.550 e. The standard InChI is InChI=1S/C7H11NO3S/c1-2-4(7(10)11)6-8-5(9)3-12-6/h4,6H,2-3H2,1H3,(H,8,9)(H,10,11)/p-1. The zero-order valence-electron chi connectivity index (χ0n) is 6.70. The molecular weight excluding hydrogens is 178 g/mol. The van der Waals surface area contributed by atoms with E-state index in [9.17, 15) is 14.7 Å². The molecule has 68 valence electrons. The van der Waals surface area contributed by atoms with Gasteiger partial charge >= 0.3 is 0 Å². The molecule has 12 heavy (non-hydrogen) atoms. The first-order valence-electron chi connectivity index (χ1n) is 3.77. The SMILES string of the molecule is CCC(C(=O)[O-])C1NC(=O)CS1. The highest BCUT2D eigenvalue weighted by molar-refractivity contribution is 8.01. The van der Waals surface area contributed by atoms with Crippen molar-refractivity contribution in [2.45, 2.75) is 18.7 Å². The number of carbonyl (C=O) groups excluding carboxylic acids is 2. The van der Waals surface area contributed by atoms with Crippen LogP contribution in [-0.4, -0.2) is 23.0 Å². The molecule has 0 aromatic rings. The van der Waals surface area contributed by atoms with E-state index in [1.807, 2.05) is 0 Å². The van der Waals surface area contributed by atoms with Crippen molar-refractivity contribution in [3.8, 4) is 0 Å². The van der Waals surface area contributed by atoms with Crippen LogP contribution >= 0.6 is 11.8 Å². The summed E-state index contributed by atoms with van der Waals surface area (Å²) in [6.45, 7) is 1.77. The quantitative estimate of drug-likeness (QED) is 0.613. The molecule has 1 fully saturated rings. The van der Waals surface area contributed by atoms with Crippen molar-refractivity contribution in [1.29, 1.82) is 0 Å². The first-order valence-corrected chi connectivity index (χ1v) is 4.82. The number of nitrogens with one attached hydrogen (secondary N) is 1. The van der Waals surface area contributed by atoms with Gasteiger partial charge in [0.05, 0.1) is 11.1 Å². The topological polar surface area (TPSA) is 69.2 Å². The fourth-order valence-electron chi connectivity index (χ4n) is 1.13. The van der Waals surface area contributed by atoms with Gasteiger partial charge in [0.1, 0.15) is 0 Å². The van der Waals surface area contributed by atoms with E-state index in [1.165, 1.54) is 11.8 Å². The second kappa shape index (κ2) is 3.80. The minimum absolute atomic E-state index is 0.0929. The lowest BCUT2D eigenvalue weighted by molar-refractivity contribution is -0.311. The number of rotatable bonds is 3. The summed E-state index contributed by atoms with van der Waals surface area (Å²) >= 11 is 1.33. The van der Waals surface area contributed by atoms with Crippen molar-refractivity contribution >= 4 is 23.6 Å². The Labute approximate surface area is 74.7 Å². The van der Waals surface area contributed by atoms with Crippen LogP contribution in [0.15, 0.2) is 0 Å². The Morgan fingerprint density at radius 2 is 2.58 bits per heavy atom. The summed E-state index contributed by atoms with van der Waals surface area (Å²) in [7, 11) is 0. The maximum absolute atomic E-state index is 10.8. The van der Waals surface area contributed by atoms with Crippen LogP contribution in [0.5, 0.6) is 0 Å². The first-order chi connectivity index (χ1) is 5.65. The zero-order valence-corrected chi connectivity index (χ0v) is 7.52. The number of hydrogen-bond acceptors (Lipinski definition) is 4. The summed E-state index contributed by atoms with van der Waals surface area (Å²) in [5.41, 5.74) is 0. The predicted octanol–water partition coefficient (Wildman–Crippen LogP) is -1.05. The van der Waals surface area contributed by atoms with Gasteiger partial charge in [0.2, 0.25) is 5.91 Å². The number of aliphatic carboxylic acids is 1. The molecule has 2 atom stereocenters. The van der Waals surface area contributed by atoms with Gasteiger partial charge in [-0.3, -0.25) is 4.79 Å². The molecule has 2 unspecified atom stereocenters. The fraction of sp³-hybridized carbons (Fsp3) is 0.714. The van der Waals surface area contributed by atoms with Crippen molar-refractivity contribution < 1.29 is 14.7 Å². The van der Waals surface area contributed by atoms with Gasteiger partial charge in [0, 0.05) is 11.9 Å². The van der Waals surface area contributed by atoms with Crippen LogP contribution in [-0.2, 0) is 9.59 Å². The van der Waals surface area contributed by atoms with E-state index in [0.29, 0.717) is 12.2 Å². The normalized spacial score (nSPS) is 25.1. The summed E-state index contributed by atoms with van der Waals surface area (Å²) in [6.07, 6.45) is 0.486. The average Bonchev–Trinajstić information content (AvgIpc) is 2.37. The fourth-order valence-corrected chi connectivity index (χ4v) is 2.29. The number of thioether (sulfide) groups is 1. The number of amides is 1. The first kappa shape index (κ1) is 9.38. The summed E-state index contributed by atoms with van der Waals surface area (Å²) in [4.78, 5) is 21.3. The molecule has 0 bridgehead atoms. The highest BCUT2D eigenvalue weighted by Gasteiger charge is 2.28. The third kappa shape index (κ3) is 1.91. The largest absolute Gasteiger partial charge is 0.550 e. The molecule has 0 spiro atoms. The van der Waals surface area contributed by atoms with E-state index in [2.05, 4.69) is 5.32 Å². The minimum atomic E-state index is -1.09. The van der Waals surface area contributed by atoms with Crippen molar-refractivity contribution in [3.63, 3.8) is 0 Å². The van der Waals surface area contributed by atoms with Gasteiger partial charge in [-0.1, -0.05) is 6.92 Å². The molecule has 1 heterocycles. The molecule has 1 rings (SSSR count). The molecule has 1 amide bonds. The smallest absolute Gasteiger partial charge is 0.230 e. The third-order valence-corrected chi connectivity index (χ3v) is 3.04. The molecule has 4 nitrogen and oxygen atoms in total. The van der Waals surface area contributed by atoms with Crippen LogP contribution in [0.3, 0.4) is 0 Å². The van der Waals surface area contributed by atoms with Gasteiger partial charge in [-0.25, -0.2) is 0 Å². The van der Waals surface area contributed by atoms with Crippen LogP contribution < -0.4 is 10.4 Å². The van der Waals surface area contributed by atoms with Gasteiger partial charge in [0.15, 0.2) is 0 Å².